The van der Waals surface area contributed by atoms with Crippen molar-refractivity contribution in [3.8, 4) is 0 Å². The van der Waals surface area contributed by atoms with Crippen LogP contribution in [0.2, 0.25) is 0 Å². The summed E-state index contributed by atoms with van der Waals surface area (Å²) >= 11 is 0. The number of benzene rings is 5. The van der Waals surface area contributed by atoms with Crippen LogP contribution in [0.1, 0.15) is 6.42 Å². The Hall–Kier alpha value is -3.74. The molecule has 0 N–H and O–H groups in total. The van der Waals surface area contributed by atoms with Crippen LogP contribution in [0.3, 0.4) is 0 Å². The zero-order valence-electron chi connectivity index (χ0n) is 19.5. The minimum absolute atomic E-state index is 0.117. The van der Waals surface area contributed by atoms with Crippen LogP contribution >= 0.6 is 7.26 Å². The molecule has 1 aliphatic rings. The van der Waals surface area contributed by atoms with E-state index in [1.807, 2.05) is 4.90 Å². The summed E-state index contributed by atoms with van der Waals surface area (Å²) in [6, 6.07) is 46.8. The first-order valence-electron chi connectivity index (χ1n) is 12.1. The van der Waals surface area contributed by atoms with Gasteiger partial charge in [0.1, 0.15) is 23.2 Å². The second kappa shape index (κ2) is 9.13. The van der Waals surface area contributed by atoms with E-state index in [4.69, 9.17) is 0 Å². The SMILES string of the molecule is O=C1[C@H]([P+](c2ccccc2)(c2ccccc2)c2ccccc2)CCN1c1cccc2ccccc12. The van der Waals surface area contributed by atoms with E-state index in [2.05, 4.69) is 133 Å². The van der Waals surface area contributed by atoms with E-state index in [0.29, 0.717) is 0 Å². The highest BCUT2D eigenvalue weighted by Crippen LogP contribution is 2.62. The highest BCUT2D eigenvalue weighted by Gasteiger charge is 2.58. The van der Waals surface area contributed by atoms with E-state index in [1.165, 1.54) is 15.9 Å². The van der Waals surface area contributed by atoms with Gasteiger partial charge >= 0.3 is 0 Å². The Bertz CT molecular complexity index is 1370. The number of carbonyl (C=O) groups excluding carboxylic acids is 1. The zero-order chi connectivity index (χ0) is 23.7. The van der Waals surface area contributed by atoms with Crippen molar-refractivity contribution >= 4 is 45.5 Å². The van der Waals surface area contributed by atoms with Crippen molar-refractivity contribution in [2.75, 3.05) is 11.4 Å². The van der Waals surface area contributed by atoms with Gasteiger partial charge in [0, 0.05) is 18.4 Å². The van der Waals surface area contributed by atoms with Crippen LogP contribution < -0.4 is 20.8 Å². The summed E-state index contributed by atoms with van der Waals surface area (Å²) in [5.41, 5.74) is 0.900. The maximum absolute atomic E-state index is 14.5. The number of hydrogen-bond donors (Lipinski definition) is 0. The smallest absolute Gasteiger partial charge is 0.269 e. The van der Waals surface area contributed by atoms with Crippen LogP contribution in [0.15, 0.2) is 133 Å². The lowest BCUT2D eigenvalue weighted by atomic mass is 10.1. The molecule has 1 amide bonds. The minimum Gasteiger partial charge on any atom is -0.308 e. The first kappa shape index (κ1) is 21.8. The fourth-order valence-electron chi connectivity index (χ4n) is 5.68. The molecule has 5 aromatic rings. The Morgan fingerprint density at radius 3 is 1.63 bits per heavy atom. The second-order valence-corrected chi connectivity index (χ2v) is 12.6. The Balaban J connectivity index is 1.57. The summed E-state index contributed by atoms with van der Waals surface area (Å²) < 4.78 is 0. The van der Waals surface area contributed by atoms with Crippen LogP contribution in [0.4, 0.5) is 5.69 Å². The Morgan fingerprint density at radius 1 is 0.571 bits per heavy atom. The maximum atomic E-state index is 14.5. The molecule has 1 aliphatic heterocycles. The molecule has 35 heavy (non-hydrogen) atoms. The lowest BCUT2D eigenvalue weighted by molar-refractivity contribution is -0.116. The Labute approximate surface area is 207 Å². The van der Waals surface area contributed by atoms with E-state index >= 15 is 0 Å². The van der Waals surface area contributed by atoms with Crippen molar-refractivity contribution in [1.29, 1.82) is 0 Å². The van der Waals surface area contributed by atoms with Gasteiger partial charge in [0.2, 0.25) is 0 Å². The summed E-state index contributed by atoms with van der Waals surface area (Å²) in [6.45, 7) is 0.728. The molecule has 0 bridgehead atoms. The Kier molecular flexibility index (Phi) is 5.68. The summed E-state index contributed by atoms with van der Waals surface area (Å²) in [6.07, 6.45) is 0.828. The van der Waals surface area contributed by atoms with Crippen molar-refractivity contribution < 1.29 is 4.79 Å². The van der Waals surface area contributed by atoms with Gasteiger partial charge in [-0.2, -0.15) is 0 Å². The molecule has 5 aromatic carbocycles. The average Bonchev–Trinajstić information content (AvgIpc) is 3.32. The molecule has 2 nitrogen and oxygen atoms in total. The second-order valence-electron chi connectivity index (χ2n) is 9.02. The summed E-state index contributed by atoms with van der Waals surface area (Å²) in [5.74, 6) is 0.228. The number of rotatable bonds is 5. The standard InChI is InChI=1S/C32H27NOP/c34-32-31(23-24-33(32)30-22-12-14-25-13-10-11-21-29(25)30)35(26-15-4-1-5-16-26,27-17-6-2-7-18-27)28-19-8-3-9-20-28/h1-22,31H,23-24H2/q+1/t31-/m1/s1. The van der Waals surface area contributed by atoms with Gasteiger partial charge in [-0.15, -0.1) is 0 Å². The lowest BCUT2D eigenvalue weighted by Crippen LogP contribution is -2.42. The van der Waals surface area contributed by atoms with Crippen LogP contribution in [-0.4, -0.2) is 18.1 Å². The predicted octanol–water partition coefficient (Wildman–Crippen LogP) is 5.94. The van der Waals surface area contributed by atoms with Crippen molar-refractivity contribution in [2.24, 2.45) is 0 Å². The van der Waals surface area contributed by atoms with Gasteiger partial charge in [-0.3, -0.25) is 4.79 Å². The van der Waals surface area contributed by atoms with E-state index in [-0.39, 0.29) is 11.6 Å². The molecule has 1 fully saturated rings. The molecule has 3 heteroatoms. The molecule has 0 aromatic heterocycles. The number of anilines is 1. The molecule has 1 atom stereocenters. The highest BCUT2D eigenvalue weighted by atomic mass is 31.2. The van der Waals surface area contributed by atoms with E-state index < -0.39 is 7.26 Å². The highest BCUT2D eigenvalue weighted by molar-refractivity contribution is 7.97. The molecule has 1 saturated heterocycles. The number of amides is 1. The fraction of sp³-hybridized carbons (Fsp3) is 0.0938. The molecule has 0 spiro atoms. The molecule has 1 heterocycles. The first-order chi connectivity index (χ1) is 17.3. The molecular formula is C32H27NOP+. The predicted molar refractivity (Wildman–Crippen MR) is 150 cm³/mol. The van der Waals surface area contributed by atoms with Gasteiger partial charge in [-0.05, 0) is 47.9 Å². The summed E-state index contributed by atoms with van der Waals surface area (Å²) in [5, 5.41) is 6.07. The molecule has 0 aliphatic carbocycles. The van der Waals surface area contributed by atoms with Crippen LogP contribution in [0.5, 0.6) is 0 Å². The van der Waals surface area contributed by atoms with Crippen molar-refractivity contribution in [2.45, 2.75) is 12.1 Å². The third kappa shape index (κ3) is 3.57. The molecule has 0 unspecified atom stereocenters. The van der Waals surface area contributed by atoms with Gasteiger partial charge in [0.05, 0.1) is 5.69 Å². The van der Waals surface area contributed by atoms with Gasteiger partial charge in [0.25, 0.3) is 5.91 Å². The topological polar surface area (TPSA) is 20.3 Å². The van der Waals surface area contributed by atoms with Gasteiger partial charge < -0.3 is 4.90 Å². The summed E-state index contributed by atoms with van der Waals surface area (Å²) in [7, 11) is -2.27. The fourth-order valence-corrected chi connectivity index (χ4v) is 10.6. The van der Waals surface area contributed by atoms with Crippen LogP contribution in [0.25, 0.3) is 10.8 Å². The number of fused-ring (bicyclic) bond motifs is 1. The quantitative estimate of drug-likeness (QED) is 0.290. The van der Waals surface area contributed by atoms with Gasteiger partial charge in [-0.1, -0.05) is 91.0 Å². The number of hydrogen-bond acceptors (Lipinski definition) is 1. The van der Waals surface area contributed by atoms with Crippen LogP contribution in [0, 0.1) is 0 Å². The van der Waals surface area contributed by atoms with Crippen LogP contribution in [-0.2, 0) is 4.79 Å². The van der Waals surface area contributed by atoms with Gasteiger partial charge in [-0.25, -0.2) is 0 Å². The summed E-state index contributed by atoms with van der Waals surface area (Å²) in [4.78, 5) is 16.5. The van der Waals surface area contributed by atoms with Crippen molar-refractivity contribution in [3.05, 3.63) is 133 Å². The van der Waals surface area contributed by atoms with Crippen molar-refractivity contribution in [1.82, 2.24) is 0 Å². The zero-order valence-corrected chi connectivity index (χ0v) is 20.4. The molecular weight excluding hydrogens is 445 g/mol. The normalized spacial score (nSPS) is 16.1. The molecule has 0 radical (unpaired) electrons. The van der Waals surface area contributed by atoms with E-state index in [9.17, 15) is 4.79 Å². The largest absolute Gasteiger partial charge is 0.308 e. The monoisotopic (exact) mass is 472 g/mol. The lowest BCUT2D eigenvalue weighted by Gasteiger charge is -2.32. The van der Waals surface area contributed by atoms with E-state index in [0.717, 1.165) is 29.4 Å². The van der Waals surface area contributed by atoms with Crippen molar-refractivity contribution in [3.63, 3.8) is 0 Å². The molecule has 170 valence electrons. The number of carbonyl (C=O) groups is 1. The molecule has 0 saturated carbocycles. The maximum Gasteiger partial charge on any atom is 0.269 e. The average molecular weight is 473 g/mol. The molecule has 6 rings (SSSR count). The third-order valence-electron chi connectivity index (χ3n) is 7.19. The first-order valence-corrected chi connectivity index (χ1v) is 14.0. The third-order valence-corrected chi connectivity index (χ3v) is 11.9. The minimum atomic E-state index is -2.27. The number of nitrogens with zero attached hydrogens (tertiary/aromatic N) is 1. The van der Waals surface area contributed by atoms with Gasteiger partial charge in [0.15, 0.2) is 5.66 Å². The Morgan fingerprint density at radius 2 is 1.06 bits per heavy atom. The van der Waals surface area contributed by atoms with E-state index in [1.54, 1.807) is 0 Å².